The molecule has 4 nitrogen and oxygen atoms in total. The summed E-state index contributed by atoms with van der Waals surface area (Å²) >= 11 is 0. The molecule has 0 aromatic rings. The number of carboxylic acids is 1. The summed E-state index contributed by atoms with van der Waals surface area (Å²) in [6, 6.07) is 0. The van der Waals surface area contributed by atoms with Crippen LogP contribution in [-0.2, 0) is 14.3 Å². The summed E-state index contributed by atoms with van der Waals surface area (Å²) in [5.41, 5.74) is 0. The van der Waals surface area contributed by atoms with Crippen LogP contribution in [0.5, 0.6) is 0 Å². The zero-order valence-electron chi connectivity index (χ0n) is 12.5. The number of alkyl halides is 9. The molecule has 0 spiro atoms. The van der Waals surface area contributed by atoms with Crippen molar-refractivity contribution < 1.29 is 58.9 Å². The van der Waals surface area contributed by atoms with Crippen LogP contribution >= 0.6 is 0 Å². The molecule has 13 heteroatoms. The first-order valence-electron chi connectivity index (χ1n) is 6.42. The van der Waals surface area contributed by atoms with Crippen molar-refractivity contribution in [2.75, 3.05) is 0 Å². The molecular weight excluding hydrogens is 391 g/mol. The van der Waals surface area contributed by atoms with E-state index in [4.69, 9.17) is 5.11 Å². The number of hydrogen-bond donors (Lipinski definition) is 1. The van der Waals surface area contributed by atoms with Gasteiger partial charge in [-0.1, -0.05) is 6.08 Å². The highest BCUT2D eigenvalue weighted by atomic mass is 19.4. The van der Waals surface area contributed by atoms with Gasteiger partial charge in [0.2, 0.25) is 0 Å². The summed E-state index contributed by atoms with van der Waals surface area (Å²) in [6.45, 7) is 3.00. The van der Waals surface area contributed by atoms with Gasteiger partial charge in [-0.2, -0.15) is 39.5 Å². The Labute approximate surface area is 139 Å². The molecule has 0 aromatic carbocycles. The number of esters is 1. The normalized spacial score (nSPS) is 15.0. The summed E-state index contributed by atoms with van der Waals surface area (Å²) in [5, 5.41) is 8.24. The Morgan fingerprint density at radius 3 is 1.85 bits per heavy atom. The quantitative estimate of drug-likeness (QED) is 0.274. The minimum absolute atomic E-state index is 0.192. The Bertz CT molecular complexity index is 566. The lowest BCUT2D eigenvalue weighted by molar-refractivity contribution is -0.398. The molecule has 0 rings (SSSR count). The number of carbonyl (C=O) groups is 2. The van der Waals surface area contributed by atoms with Crippen LogP contribution in [0.3, 0.4) is 0 Å². The minimum Gasteiger partial charge on any atom is -0.478 e. The van der Waals surface area contributed by atoms with Crippen molar-refractivity contribution in [3.63, 3.8) is 0 Å². The molecule has 0 aromatic heterocycles. The van der Waals surface area contributed by atoms with Crippen molar-refractivity contribution in [2.45, 2.75) is 42.9 Å². The van der Waals surface area contributed by atoms with E-state index < -0.39 is 54.8 Å². The van der Waals surface area contributed by atoms with Crippen LogP contribution < -0.4 is 0 Å². The van der Waals surface area contributed by atoms with Gasteiger partial charge in [-0.15, -0.1) is 6.58 Å². The molecule has 0 bridgehead atoms. The highest BCUT2D eigenvalue weighted by Gasteiger charge is 2.81. The predicted molar refractivity (Wildman–Crippen MR) is 67.0 cm³/mol. The van der Waals surface area contributed by atoms with E-state index >= 15 is 0 Å². The Morgan fingerprint density at radius 1 is 0.962 bits per heavy atom. The van der Waals surface area contributed by atoms with Gasteiger partial charge >= 0.3 is 35.9 Å². The van der Waals surface area contributed by atoms with Gasteiger partial charge in [0.15, 0.2) is 0 Å². The second-order valence-corrected chi connectivity index (χ2v) is 4.81. The van der Waals surface area contributed by atoms with E-state index in [-0.39, 0.29) is 12.2 Å². The summed E-state index contributed by atoms with van der Waals surface area (Å²) in [4.78, 5) is 21.3. The average molecular weight is 402 g/mol. The Balaban J connectivity index is 5.51. The van der Waals surface area contributed by atoms with Gasteiger partial charge in [-0.3, -0.25) is 0 Å². The van der Waals surface area contributed by atoms with E-state index in [2.05, 4.69) is 11.3 Å². The number of hydrogen-bond acceptors (Lipinski definition) is 3. The third kappa shape index (κ3) is 5.39. The standard InChI is InChI=1S/C13H11F9O4/c1-2-3-7(26-9(25)5-4-8(23)24)6-10(14,15)11(16,17)12(18,19)13(20,21)22/h2,4-5,7H,1,3,6H2,(H,23,24)/b5-4+. The van der Waals surface area contributed by atoms with E-state index in [9.17, 15) is 49.1 Å². The largest absolute Gasteiger partial charge is 0.478 e. The molecule has 0 amide bonds. The van der Waals surface area contributed by atoms with Crippen LogP contribution in [0.2, 0.25) is 0 Å². The van der Waals surface area contributed by atoms with Gasteiger partial charge in [0.25, 0.3) is 0 Å². The lowest BCUT2D eigenvalue weighted by atomic mass is 9.97. The SMILES string of the molecule is C=CCC(CC(F)(F)C(F)(F)C(F)(F)C(F)(F)F)OC(=O)/C=C/C(=O)O. The van der Waals surface area contributed by atoms with E-state index in [0.717, 1.165) is 6.08 Å². The fraction of sp³-hybridized carbons (Fsp3) is 0.538. The molecule has 26 heavy (non-hydrogen) atoms. The molecule has 150 valence electrons. The lowest BCUT2D eigenvalue weighted by Crippen LogP contribution is -2.61. The monoisotopic (exact) mass is 402 g/mol. The smallest absolute Gasteiger partial charge is 0.460 e. The number of carboxylic acid groups (broad SMARTS) is 1. The van der Waals surface area contributed by atoms with Gasteiger partial charge in [-0.25, -0.2) is 9.59 Å². The van der Waals surface area contributed by atoms with Crippen LogP contribution in [0.15, 0.2) is 24.8 Å². The van der Waals surface area contributed by atoms with Crippen molar-refractivity contribution in [1.82, 2.24) is 0 Å². The first-order chi connectivity index (χ1) is 11.5. The average Bonchev–Trinajstić information content (AvgIpc) is 2.43. The van der Waals surface area contributed by atoms with Crippen molar-refractivity contribution >= 4 is 11.9 Å². The highest BCUT2D eigenvalue weighted by molar-refractivity contribution is 5.90. The summed E-state index contributed by atoms with van der Waals surface area (Å²) in [5.74, 6) is -23.1. The number of ether oxygens (including phenoxy) is 1. The third-order valence-corrected chi connectivity index (χ3v) is 2.77. The van der Waals surface area contributed by atoms with Crippen molar-refractivity contribution in [1.29, 1.82) is 0 Å². The fourth-order valence-electron chi connectivity index (χ4n) is 1.52. The van der Waals surface area contributed by atoms with Crippen LogP contribution in [0, 0.1) is 0 Å². The van der Waals surface area contributed by atoms with E-state index in [1.54, 1.807) is 0 Å². The van der Waals surface area contributed by atoms with Crippen molar-refractivity contribution in [2.24, 2.45) is 0 Å². The molecule has 0 aliphatic heterocycles. The molecule has 1 atom stereocenters. The van der Waals surface area contributed by atoms with Crippen LogP contribution in [0.1, 0.15) is 12.8 Å². The number of carbonyl (C=O) groups excluding carboxylic acids is 1. The Kier molecular flexibility index (Phi) is 7.32. The zero-order chi connectivity index (χ0) is 21.0. The first-order valence-corrected chi connectivity index (χ1v) is 6.42. The molecule has 1 unspecified atom stereocenters. The zero-order valence-corrected chi connectivity index (χ0v) is 12.5. The molecule has 0 radical (unpaired) electrons. The van der Waals surface area contributed by atoms with Crippen LogP contribution in [0.25, 0.3) is 0 Å². The van der Waals surface area contributed by atoms with E-state index in [1.807, 2.05) is 0 Å². The molecule has 0 fully saturated rings. The van der Waals surface area contributed by atoms with Gasteiger partial charge in [0.1, 0.15) is 6.10 Å². The second-order valence-electron chi connectivity index (χ2n) is 4.81. The van der Waals surface area contributed by atoms with Crippen molar-refractivity contribution in [3.05, 3.63) is 24.8 Å². The highest BCUT2D eigenvalue weighted by Crippen LogP contribution is 2.54. The lowest BCUT2D eigenvalue weighted by Gasteiger charge is -2.34. The fourth-order valence-corrected chi connectivity index (χ4v) is 1.52. The molecule has 0 heterocycles. The van der Waals surface area contributed by atoms with Crippen LogP contribution in [0.4, 0.5) is 39.5 Å². The number of rotatable bonds is 9. The molecule has 0 aliphatic rings. The topological polar surface area (TPSA) is 63.6 Å². The molecule has 0 aliphatic carbocycles. The van der Waals surface area contributed by atoms with Gasteiger partial charge < -0.3 is 9.84 Å². The minimum atomic E-state index is -7.06. The van der Waals surface area contributed by atoms with Gasteiger partial charge in [0, 0.05) is 18.6 Å². The number of halogens is 9. The summed E-state index contributed by atoms with van der Waals surface area (Å²) < 4.78 is 119. The maximum atomic E-state index is 13.5. The first kappa shape index (κ1) is 23.8. The predicted octanol–water partition coefficient (Wildman–Crippen LogP) is 3.97. The molecule has 0 saturated heterocycles. The summed E-state index contributed by atoms with van der Waals surface area (Å²) in [7, 11) is 0. The summed E-state index contributed by atoms with van der Waals surface area (Å²) in [6.07, 6.45) is -11.3. The molecule has 0 saturated carbocycles. The van der Waals surface area contributed by atoms with Gasteiger partial charge in [0.05, 0.1) is 6.42 Å². The van der Waals surface area contributed by atoms with E-state index in [0.29, 0.717) is 0 Å². The molecular formula is C13H11F9O4. The molecule has 1 N–H and O–H groups in total. The van der Waals surface area contributed by atoms with E-state index in [1.165, 1.54) is 0 Å². The Hall–Kier alpha value is -2.21. The maximum Gasteiger partial charge on any atom is 0.460 e. The van der Waals surface area contributed by atoms with Crippen LogP contribution in [-0.4, -0.2) is 47.1 Å². The maximum absolute atomic E-state index is 13.5. The third-order valence-electron chi connectivity index (χ3n) is 2.77. The number of aliphatic carboxylic acids is 1. The van der Waals surface area contributed by atoms with Gasteiger partial charge in [-0.05, 0) is 0 Å². The Morgan fingerprint density at radius 2 is 1.46 bits per heavy atom. The van der Waals surface area contributed by atoms with Crippen molar-refractivity contribution in [3.8, 4) is 0 Å². The second kappa shape index (κ2) is 7.99.